The molecule has 16 nitrogen and oxygen atoms in total. The fourth-order valence-electron chi connectivity index (χ4n) is 8.71. The van der Waals surface area contributed by atoms with E-state index in [1.807, 2.05) is 133 Å². The number of nitrogens with one attached hydrogen (secondary N) is 1. The number of aryl methyl sites for hydroxylation is 1. The Labute approximate surface area is 394 Å². The molecule has 0 aliphatic carbocycles. The van der Waals surface area contributed by atoms with E-state index < -0.39 is 42.1 Å². The largest absolute Gasteiger partial charge is 0.461 e. The quantitative estimate of drug-likeness (QED) is 0.0408. The number of likely N-dealkylation sites (tertiary alicyclic amines) is 2. The molecule has 1 aromatic heterocycles. The Morgan fingerprint density at radius 1 is 0.647 bits per heavy atom. The molecular formula is C52H54N6O10. The van der Waals surface area contributed by atoms with Crippen LogP contribution in [0.5, 0.6) is 0 Å². The summed E-state index contributed by atoms with van der Waals surface area (Å²) in [5.74, 6) is -1.00. The summed E-state index contributed by atoms with van der Waals surface area (Å²) in [6.07, 6.45) is 0.397. The summed E-state index contributed by atoms with van der Waals surface area (Å²) < 4.78 is 22.6. The number of amides is 6. The van der Waals surface area contributed by atoms with Gasteiger partial charge >= 0.3 is 24.2 Å². The van der Waals surface area contributed by atoms with Crippen molar-refractivity contribution in [2.45, 2.75) is 58.0 Å². The molecule has 4 heterocycles. The van der Waals surface area contributed by atoms with Crippen LogP contribution in [0.4, 0.5) is 14.4 Å². The summed E-state index contributed by atoms with van der Waals surface area (Å²) in [4.78, 5) is 91.8. The van der Waals surface area contributed by atoms with E-state index in [9.17, 15) is 28.8 Å². The van der Waals surface area contributed by atoms with E-state index in [0.717, 1.165) is 32.9 Å². The molecule has 0 radical (unpaired) electrons. The van der Waals surface area contributed by atoms with Crippen LogP contribution in [0.3, 0.4) is 0 Å². The van der Waals surface area contributed by atoms with E-state index >= 15 is 0 Å². The monoisotopic (exact) mass is 922 g/mol. The van der Waals surface area contributed by atoms with Crippen molar-refractivity contribution in [3.8, 4) is 11.3 Å². The molecule has 5 aromatic rings. The first-order chi connectivity index (χ1) is 33.2. The van der Waals surface area contributed by atoms with Crippen LogP contribution < -0.4 is 5.32 Å². The maximum Gasteiger partial charge on any atom is 0.437 e. The minimum atomic E-state index is -1.19. The lowest BCUT2D eigenvalue weighted by Crippen LogP contribution is -2.70. The number of esters is 1. The SMILES string of the molecule is O=C(/N=C(\NC(=O)OCc1ccccc1)N1CCCC(C[C@H]2C(=O)N(C(=O)N3CCN(C(=O)CCc4ccc(-c5ccccc5)o4)CC3)C2C(=O)OCc2ccccc2)C1)OCc1ccccc1. The van der Waals surface area contributed by atoms with Crippen LogP contribution in [-0.4, -0.2) is 107 Å². The highest BCUT2D eigenvalue weighted by atomic mass is 16.6. The third-order valence-electron chi connectivity index (χ3n) is 12.3. The second kappa shape index (κ2) is 22.6. The number of piperidine rings is 1. The van der Waals surface area contributed by atoms with Crippen molar-refractivity contribution in [2.75, 3.05) is 39.3 Å². The molecular weight excluding hydrogens is 869 g/mol. The second-order valence-electron chi connectivity index (χ2n) is 17.0. The lowest BCUT2D eigenvalue weighted by Gasteiger charge is -2.48. The number of aliphatic imine (C=N–C) groups is 1. The van der Waals surface area contributed by atoms with Gasteiger partial charge in [-0.3, -0.25) is 14.9 Å². The molecule has 3 fully saturated rings. The summed E-state index contributed by atoms with van der Waals surface area (Å²) >= 11 is 0. The van der Waals surface area contributed by atoms with Crippen molar-refractivity contribution in [1.29, 1.82) is 0 Å². The van der Waals surface area contributed by atoms with E-state index in [1.54, 1.807) is 9.80 Å². The van der Waals surface area contributed by atoms with E-state index in [2.05, 4.69) is 10.3 Å². The summed E-state index contributed by atoms with van der Waals surface area (Å²) in [5, 5.41) is 2.63. The van der Waals surface area contributed by atoms with Gasteiger partial charge < -0.3 is 33.3 Å². The number of rotatable bonds is 13. The van der Waals surface area contributed by atoms with Crippen molar-refractivity contribution in [1.82, 2.24) is 24.9 Å². The first-order valence-corrected chi connectivity index (χ1v) is 22.9. The number of ether oxygens (including phenoxy) is 3. The molecule has 0 saturated carbocycles. The Morgan fingerprint density at radius 3 is 1.85 bits per heavy atom. The zero-order valence-electron chi connectivity index (χ0n) is 37.7. The number of guanidine groups is 1. The Kier molecular flexibility index (Phi) is 15.6. The molecule has 0 spiro atoms. The minimum Gasteiger partial charge on any atom is -0.461 e. The average molecular weight is 923 g/mol. The summed E-state index contributed by atoms with van der Waals surface area (Å²) in [5.41, 5.74) is 3.22. The van der Waals surface area contributed by atoms with Crippen molar-refractivity contribution in [2.24, 2.45) is 16.8 Å². The molecule has 0 bridgehead atoms. The van der Waals surface area contributed by atoms with Crippen LogP contribution in [0.1, 0.15) is 48.1 Å². The number of furan rings is 1. The Balaban J connectivity index is 0.905. The molecule has 4 aromatic carbocycles. The topological polar surface area (TPSA) is 181 Å². The number of hydrogen-bond donors (Lipinski definition) is 1. The first-order valence-electron chi connectivity index (χ1n) is 22.9. The number of carbonyl (C=O) groups is 6. The number of carbonyl (C=O) groups excluding carboxylic acids is 6. The Hall–Kier alpha value is -7.75. The van der Waals surface area contributed by atoms with E-state index in [1.165, 1.54) is 4.90 Å². The van der Waals surface area contributed by atoms with E-state index in [-0.39, 0.29) is 83.2 Å². The van der Waals surface area contributed by atoms with Crippen LogP contribution >= 0.6 is 0 Å². The van der Waals surface area contributed by atoms with Crippen molar-refractivity contribution in [3.63, 3.8) is 0 Å². The van der Waals surface area contributed by atoms with Crippen LogP contribution in [0.15, 0.2) is 143 Å². The van der Waals surface area contributed by atoms with Crippen molar-refractivity contribution < 1.29 is 47.4 Å². The number of urea groups is 1. The number of benzene rings is 4. The maximum atomic E-state index is 14.1. The molecule has 8 rings (SSSR count). The number of alkyl carbamates (subject to hydrolysis) is 1. The zero-order chi connectivity index (χ0) is 47.2. The van der Waals surface area contributed by atoms with Gasteiger partial charge in [0.05, 0.1) is 5.92 Å². The average Bonchev–Trinajstić information content (AvgIpc) is 3.87. The van der Waals surface area contributed by atoms with Crippen LogP contribution in [0, 0.1) is 11.8 Å². The molecule has 16 heteroatoms. The summed E-state index contributed by atoms with van der Waals surface area (Å²) in [6.45, 7) is 1.47. The lowest BCUT2D eigenvalue weighted by molar-refractivity contribution is -0.172. The van der Waals surface area contributed by atoms with Crippen LogP contribution in [0.25, 0.3) is 11.3 Å². The van der Waals surface area contributed by atoms with Gasteiger partial charge in [0, 0.05) is 57.7 Å². The van der Waals surface area contributed by atoms with E-state index in [0.29, 0.717) is 31.6 Å². The number of hydrogen-bond acceptors (Lipinski definition) is 10. The predicted octanol–water partition coefficient (Wildman–Crippen LogP) is 7.44. The zero-order valence-corrected chi connectivity index (χ0v) is 37.7. The van der Waals surface area contributed by atoms with Gasteiger partial charge in [-0.2, -0.15) is 0 Å². The summed E-state index contributed by atoms with van der Waals surface area (Å²) in [7, 11) is 0. The highest BCUT2D eigenvalue weighted by Gasteiger charge is 2.57. The van der Waals surface area contributed by atoms with Crippen molar-refractivity contribution >= 4 is 42.0 Å². The van der Waals surface area contributed by atoms with Crippen LogP contribution in [-0.2, 0) is 54.8 Å². The van der Waals surface area contributed by atoms with Gasteiger partial charge in [0.1, 0.15) is 31.3 Å². The highest BCUT2D eigenvalue weighted by molar-refractivity contribution is 6.08. The fourth-order valence-corrected chi connectivity index (χ4v) is 8.71. The smallest absolute Gasteiger partial charge is 0.437 e. The fraction of sp³-hybridized carbons (Fsp3) is 0.327. The molecule has 3 aliphatic heterocycles. The molecule has 6 amide bonds. The predicted molar refractivity (Wildman–Crippen MR) is 249 cm³/mol. The third kappa shape index (κ3) is 12.2. The van der Waals surface area contributed by atoms with Crippen molar-refractivity contribution in [3.05, 3.63) is 156 Å². The van der Waals surface area contributed by atoms with Crippen LogP contribution in [0.2, 0.25) is 0 Å². The van der Waals surface area contributed by atoms with Gasteiger partial charge in [0.2, 0.25) is 17.8 Å². The molecule has 1 N–H and O–H groups in total. The Bertz CT molecular complexity index is 2550. The van der Waals surface area contributed by atoms with Gasteiger partial charge in [-0.25, -0.2) is 24.1 Å². The number of piperazine rings is 1. The number of β-lactam (4-membered cyclic amide) rings is 1. The Morgan fingerprint density at radius 2 is 1.22 bits per heavy atom. The second-order valence-corrected chi connectivity index (χ2v) is 17.0. The molecule has 68 heavy (non-hydrogen) atoms. The van der Waals surface area contributed by atoms with Gasteiger partial charge in [-0.15, -0.1) is 4.99 Å². The first kappa shape index (κ1) is 46.8. The summed E-state index contributed by atoms with van der Waals surface area (Å²) in [6, 6.07) is 39.1. The number of nitrogens with zero attached hydrogens (tertiary/aromatic N) is 5. The molecule has 3 aliphatic rings. The molecule has 3 saturated heterocycles. The third-order valence-corrected chi connectivity index (χ3v) is 12.3. The normalized spacial score (nSPS) is 18.3. The minimum absolute atomic E-state index is 0.0152. The highest BCUT2D eigenvalue weighted by Crippen LogP contribution is 2.37. The molecule has 352 valence electrons. The van der Waals surface area contributed by atoms with E-state index in [4.69, 9.17) is 18.6 Å². The maximum absolute atomic E-state index is 14.1. The standard InChI is InChI=1S/C52H54N6O10/c59-45(26-24-42-23-25-44(68-42)41-21-11-4-12-22-41)55-28-30-56(31-29-55)52(64)58-46(48(61)65-34-37-14-5-1-6-15-37)43(47(58)60)32-40-20-13-27-57(33-40)49(53-50(62)66-35-38-16-7-2-8-17-38)54-51(63)67-36-39-18-9-3-10-19-39/h1-12,14-19,21-23,25,40,43,46H,13,20,24,26-36H2,(H,53,54,62,63)/t40?,43-,46?/m1/s1. The van der Waals surface area contributed by atoms with Gasteiger partial charge in [-0.05, 0) is 54.0 Å². The van der Waals surface area contributed by atoms with Gasteiger partial charge in [-0.1, -0.05) is 121 Å². The molecule has 3 atom stereocenters. The number of imide groups is 1. The molecule has 2 unspecified atom stereocenters. The lowest BCUT2D eigenvalue weighted by atomic mass is 9.78. The van der Waals surface area contributed by atoms with Gasteiger partial charge in [0.15, 0.2) is 6.04 Å². The van der Waals surface area contributed by atoms with Gasteiger partial charge in [0.25, 0.3) is 0 Å².